The largest absolute Gasteiger partial charge is 0.478 e. The number of carboxylic acids is 1. The first-order chi connectivity index (χ1) is 8.15. The van der Waals surface area contributed by atoms with Gasteiger partial charge in [0.25, 0.3) is 0 Å². The van der Waals surface area contributed by atoms with Crippen LogP contribution in [0.5, 0.6) is 5.88 Å². The lowest BCUT2D eigenvalue weighted by atomic mass is 10.1. The molecule has 1 N–H and O–H groups in total. The lowest BCUT2D eigenvalue weighted by molar-refractivity contribution is 0.0696. The molecule has 1 aliphatic carbocycles. The van der Waals surface area contributed by atoms with Gasteiger partial charge >= 0.3 is 5.97 Å². The summed E-state index contributed by atoms with van der Waals surface area (Å²) in [7, 11) is 0. The molecule has 0 aromatic carbocycles. The van der Waals surface area contributed by atoms with E-state index < -0.39 is 5.97 Å². The van der Waals surface area contributed by atoms with E-state index in [1.807, 2.05) is 0 Å². The van der Waals surface area contributed by atoms with Gasteiger partial charge < -0.3 is 9.84 Å². The number of nitrogens with zero attached hydrogens (tertiary/aromatic N) is 1. The van der Waals surface area contributed by atoms with Crippen LogP contribution in [-0.4, -0.2) is 22.7 Å². The maximum atomic E-state index is 10.9. The first-order valence-electron chi connectivity index (χ1n) is 6.00. The van der Waals surface area contributed by atoms with E-state index in [0.29, 0.717) is 24.1 Å². The summed E-state index contributed by atoms with van der Waals surface area (Å²) in [4.78, 5) is 15.1. The van der Waals surface area contributed by atoms with Gasteiger partial charge in [0.05, 0.1) is 12.2 Å². The SMILES string of the molecule is Cc1cc(C(=O)O)cc(OCC2CCCC2)n1. The number of carboxylic acid groups (broad SMARTS) is 1. The van der Waals surface area contributed by atoms with Gasteiger partial charge in [-0.1, -0.05) is 12.8 Å². The summed E-state index contributed by atoms with van der Waals surface area (Å²) in [5, 5.41) is 8.93. The van der Waals surface area contributed by atoms with E-state index in [4.69, 9.17) is 9.84 Å². The van der Waals surface area contributed by atoms with Gasteiger partial charge in [-0.25, -0.2) is 9.78 Å². The van der Waals surface area contributed by atoms with Crippen LogP contribution in [0.4, 0.5) is 0 Å². The van der Waals surface area contributed by atoms with Crippen LogP contribution in [0.3, 0.4) is 0 Å². The predicted octanol–water partition coefficient (Wildman–Crippen LogP) is 2.66. The fourth-order valence-corrected chi connectivity index (χ4v) is 2.22. The molecule has 17 heavy (non-hydrogen) atoms. The predicted molar refractivity (Wildman–Crippen MR) is 63.4 cm³/mol. The van der Waals surface area contributed by atoms with Crippen molar-refractivity contribution in [3.8, 4) is 5.88 Å². The van der Waals surface area contributed by atoms with Crippen molar-refractivity contribution in [3.05, 3.63) is 23.4 Å². The third-order valence-corrected chi connectivity index (χ3v) is 3.12. The molecule has 0 unspecified atom stereocenters. The molecule has 0 amide bonds. The zero-order valence-electron chi connectivity index (χ0n) is 9.98. The second-order valence-corrected chi connectivity index (χ2v) is 4.60. The van der Waals surface area contributed by atoms with Crippen LogP contribution in [0, 0.1) is 12.8 Å². The average molecular weight is 235 g/mol. The van der Waals surface area contributed by atoms with Crippen LogP contribution < -0.4 is 4.74 Å². The first-order valence-corrected chi connectivity index (χ1v) is 6.00. The van der Waals surface area contributed by atoms with Gasteiger partial charge in [-0.2, -0.15) is 0 Å². The minimum Gasteiger partial charge on any atom is -0.478 e. The summed E-state index contributed by atoms with van der Waals surface area (Å²) in [6, 6.07) is 3.04. The van der Waals surface area contributed by atoms with Gasteiger partial charge in [-0.05, 0) is 31.7 Å². The van der Waals surface area contributed by atoms with Crippen LogP contribution >= 0.6 is 0 Å². The first kappa shape index (κ1) is 11.9. The summed E-state index contributed by atoms with van der Waals surface area (Å²) in [6.07, 6.45) is 4.96. The Kier molecular flexibility index (Phi) is 3.61. The number of rotatable bonds is 4. The van der Waals surface area contributed by atoms with E-state index in [1.54, 1.807) is 13.0 Å². The Morgan fingerprint density at radius 2 is 2.18 bits per heavy atom. The number of pyridine rings is 1. The summed E-state index contributed by atoms with van der Waals surface area (Å²) in [5.74, 6) is 0.0844. The standard InChI is InChI=1S/C13H17NO3/c1-9-6-11(13(15)16)7-12(14-9)17-8-10-4-2-3-5-10/h6-7,10H,2-5,8H2,1H3,(H,15,16). The van der Waals surface area contributed by atoms with Crippen LogP contribution in [-0.2, 0) is 0 Å². The maximum absolute atomic E-state index is 10.9. The van der Waals surface area contributed by atoms with E-state index in [1.165, 1.54) is 31.7 Å². The number of ether oxygens (including phenoxy) is 1. The zero-order chi connectivity index (χ0) is 12.3. The van der Waals surface area contributed by atoms with E-state index in [9.17, 15) is 4.79 Å². The third kappa shape index (κ3) is 3.19. The lowest BCUT2D eigenvalue weighted by Gasteiger charge is -2.11. The van der Waals surface area contributed by atoms with Crippen LogP contribution in [0.2, 0.25) is 0 Å². The minimum absolute atomic E-state index is 0.235. The molecule has 2 rings (SSSR count). The smallest absolute Gasteiger partial charge is 0.335 e. The molecule has 0 radical (unpaired) electrons. The molecular formula is C13H17NO3. The fourth-order valence-electron chi connectivity index (χ4n) is 2.22. The van der Waals surface area contributed by atoms with Gasteiger partial charge in [0.15, 0.2) is 0 Å². The van der Waals surface area contributed by atoms with Crippen molar-refractivity contribution in [2.75, 3.05) is 6.61 Å². The topological polar surface area (TPSA) is 59.4 Å². The van der Waals surface area contributed by atoms with Crippen molar-refractivity contribution in [2.24, 2.45) is 5.92 Å². The molecule has 92 valence electrons. The van der Waals surface area contributed by atoms with Gasteiger partial charge in [0.2, 0.25) is 5.88 Å². The molecule has 0 atom stereocenters. The number of aryl methyl sites for hydroxylation is 1. The molecule has 0 aliphatic heterocycles. The second-order valence-electron chi connectivity index (χ2n) is 4.60. The highest BCUT2D eigenvalue weighted by Crippen LogP contribution is 2.25. The molecular weight excluding hydrogens is 218 g/mol. The molecule has 0 bridgehead atoms. The van der Waals surface area contributed by atoms with Crippen LogP contribution in [0.1, 0.15) is 41.7 Å². The highest BCUT2D eigenvalue weighted by molar-refractivity contribution is 5.87. The molecule has 1 fully saturated rings. The number of aromatic nitrogens is 1. The molecule has 1 aromatic rings. The van der Waals surface area contributed by atoms with E-state index in [0.717, 1.165) is 0 Å². The molecule has 1 aromatic heterocycles. The van der Waals surface area contributed by atoms with Gasteiger partial charge in [0, 0.05) is 11.8 Å². The molecule has 1 aliphatic rings. The van der Waals surface area contributed by atoms with E-state index in [-0.39, 0.29) is 5.56 Å². The quantitative estimate of drug-likeness (QED) is 0.871. The Balaban J connectivity index is 2.01. The van der Waals surface area contributed by atoms with Crippen LogP contribution in [0.15, 0.2) is 12.1 Å². The maximum Gasteiger partial charge on any atom is 0.335 e. The summed E-state index contributed by atoms with van der Waals surface area (Å²) in [5.41, 5.74) is 0.908. The third-order valence-electron chi connectivity index (χ3n) is 3.12. The van der Waals surface area contributed by atoms with Crippen molar-refractivity contribution in [1.29, 1.82) is 0 Å². The Morgan fingerprint density at radius 3 is 2.82 bits per heavy atom. The van der Waals surface area contributed by atoms with Crippen molar-refractivity contribution in [2.45, 2.75) is 32.6 Å². The Morgan fingerprint density at radius 1 is 1.47 bits per heavy atom. The normalized spacial score (nSPS) is 16.1. The van der Waals surface area contributed by atoms with E-state index >= 15 is 0 Å². The highest BCUT2D eigenvalue weighted by Gasteiger charge is 2.16. The van der Waals surface area contributed by atoms with Gasteiger partial charge in [-0.3, -0.25) is 0 Å². The summed E-state index contributed by atoms with van der Waals surface area (Å²) < 4.78 is 5.59. The van der Waals surface area contributed by atoms with Crippen molar-refractivity contribution < 1.29 is 14.6 Å². The molecule has 4 nitrogen and oxygen atoms in total. The Labute approximate surface area is 101 Å². The summed E-state index contributed by atoms with van der Waals surface area (Å²) in [6.45, 7) is 2.42. The number of hydrogen-bond acceptors (Lipinski definition) is 3. The van der Waals surface area contributed by atoms with Crippen molar-refractivity contribution in [1.82, 2.24) is 4.98 Å². The molecule has 4 heteroatoms. The van der Waals surface area contributed by atoms with Crippen molar-refractivity contribution in [3.63, 3.8) is 0 Å². The zero-order valence-corrected chi connectivity index (χ0v) is 9.98. The van der Waals surface area contributed by atoms with Crippen LogP contribution in [0.25, 0.3) is 0 Å². The summed E-state index contributed by atoms with van der Waals surface area (Å²) >= 11 is 0. The monoisotopic (exact) mass is 235 g/mol. The number of hydrogen-bond donors (Lipinski definition) is 1. The van der Waals surface area contributed by atoms with Crippen molar-refractivity contribution >= 4 is 5.97 Å². The minimum atomic E-state index is -0.943. The Bertz CT molecular complexity index is 411. The molecule has 1 heterocycles. The average Bonchev–Trinajstić information content (AvgIpc) is 2.78. The molecule has 0 saturated heterocycles. The Hall–Kier alpha value is -1.58. The molecule has 1 saturated carbocycles. The van der Waals surface area contributed by atoms with E-state index in [2.05, 4.69) is 4.98 Å². The highest BCUT2D eigenvalue weighted by atomic mass is 16.5. The fraction of sp³-hybridized carbons (Fsp3) is 0.538. The number of carbonyl (C=O) groups is 1. The molecule has 0 spiro atoms. The lowest BCUT2D eigenvalue weighted by Crippen LogP contribution is -2.10. The second kappa shape index (κ2) is 5.17. The van der Waals surface area contributed by atoms with Gasteiger partial charge in [0.1, 0.15) is 0 Å². The number of aromatic carboxylic acids is 1. The van der Waals surface area contributed by atoms with Gasteiger partial charge in [-0.15, -0.1) is 0 Å².